The van der Waals surface area contributed by atoms with E-state index in [2.05, 4.69) is 25.9 Å². The molecule has 0 N–H and O–H groups in total. The van der Waals surface area contributed by atoms with Gasteiger partial charge in [0.15, 0.2) is 0 Å². The second-order valence-corrected chi connectivity index (χ2v) is 4.57. The lowest BCUT2D eigenvalue weighted by Crippen LogP contribution is -1.96. The van der Waals surface area contributed by atoms with E-state index in [1.807, 2.05) is 0 Å². The summed E-state index contributed by atoms with van der Waals surface area (Å²) in [4.78, 5) is 8.26. The highest BCUT2D eigenvalue weighted by Gasteiger charge is 2.03. The van der Waals surface area contributed by atoms with Crippen LogP contribution in [-0.2, 0) is 6.42 Å². The van der Waals surface area contributed by atoms with Crippen LogP contribution in [0, 0.1) is 5.82 Å². The quantitative estimate of drug-likeness (QED) is 0.846. The SMILES string of the molecule is Fc1ccc(Cc2ncc(Br)cn2)cc1Cl. The molecule has 1 aromatic heterocycles. The molecule has 0 aliphatic carbocycles. The summed E-state index contributed by atoms with van der Waals surface area (Å²) in [5.74, 6) is 0.257. The van der Waals surface area contributed by atoms with E-state index in [1.165, 1.54) is 6.07 Å². The van der Waals surface area contributed by atoms with E-state index in [0.717, 1.165) is 10.0 Å². The summed E-state index contributed by atoms with van der Waals surface area (Å²) in [6.45, 7) is 0. The second kappa shape index (κ2) is 4.89. The van der Waals surface area contributed by atoms with Gasteiger partial charge in [0.1, 0.15) is 11.6 Å². The molecule has 5 heteroatoms. The Morgan fingerprint density at radius 2 is 1.94 bits per heavy atom. The number of benzene rings is 1. The Labute approximate surface area is 106 Å². The van der Waals surface area contributed by atoms with E-state index in [1.54, 1.807) is 24.5 Å². The van der Waals surface area contributed by atoms with Crippen molar-refractivity contribution in [1.29, 1.82) is 0 Å². The molecule has 2 aromatic rings. The lowest BCUT2D eigenvalue weighted by atomic mass is 10.1. The first-order valence-corrected chi connectivity index (χ1v) is 5.72. The van der Waals surface area contributed by atoms with Crippen molar-refractivity contribution in [2.45, 2.75) is 6.42 Å². The predicted molar refractivity (Wildman–Crippen MR) is 63.9 cm³/mol. The van der Waals surface area contributed by atoms with Crippen LogP contribution in [0.5, 0.6) is 0 Å². The molecule has 0 unspecified atom stereocenters. The van der Waals surface area contributed by atoms with E-state index < -0.39 is 5.82 Å². The van der Waals surface area contributed by atoms with E-state index in [4.69, 9.17) is 11.6 Å². The van der Waals surface area contributed by atoms with Crippen LogP contribution in [0.1, 0.15) is 11.4 Å². The Balaban J connectivity index is 2.20. The molecule has 2 rings (SSSR count). The molecule has 0 amide bonds. The maximum atomic E-state index is 12.9. The molecular weight excluding hydrogens is 294 g/mol. The molecule has 0 aliphatic heterocycles. The third-order valence-electron chi connectivity index (χ3n) is 2.02. The zero-order valence-corrected chi connectivity index (χ0v) is 10.5. The zero-order valence-electron chi connectivity index (χ0n) is 8.12. The summed E-state index contributed by atoms with van der Waals surface area (Å²) in [6, 6.07) is 4.60. The molecule has 0 atom stereocenters. The van der Waals surface area contributed by atoms with Crippen molar-refractivity contribution < 1.29 is 4.39 Å². The minimum Gasteiger partial charge on any atom is -0.240 e. The minimum atomic E-state index is -0.415. The summed E-state index contributed by atoms with van der Waals surface area (Å²) in [5.41, 5.74) is 0.883. The van der Waals surface area contributed by atoms with Crippen LogP contribution in [0.15, 0.2) is 35.1 Å². The van der Waals surface area contributed by atoms with Crippen LogP contribution in [0.3, 0.4) is 0 Å². The zero-order chi connectivity index (χ0) is 11.5. The number of rotatable bonds is 2. The highest BCUT2D eigenvalue weighted by molar-refractivity contribution is 9.10. The maximum absolute atomic E-state index is 12.9. The molecule has 0 saturated heterocycles. The Kier molecular flexibility index (Phi) is 3.51. The van der Waals surface area contributed by atoms with E-state index in [0.29, 0.717) is 12.2 Å². The monoisotopic (exact) mass is 300 g/mol. The number of hydrogen-bond acceptors (Lipinski definition) is 2. The van der Waals surface area contributed by atoms with Gasteiger partial charge in [-0.2, -0.15) is 0 Å². The third kappa shape index (κ3) is 2.77. The van der Waals surface area contributed by atoms with Gasteiger partial charge in [0, 0.05) is 18.8 Å². The molecular formula is C11H7BrClFN2. The first-order chi connectivity index (χ1) is 7.65. The number of hydrogen-bond donors (Lipinski definition) is 0. The lowest BCUT2D eigenvalue weighted by molar-refractivity contribution is 0.627. The average Bonchev–Trinajstić information content (AvgIpc) is 2.27. The molecule has 0 bridgehead atoms. The molecule has 0 spiro atoms. The molecule has 0 aliphatic rings. The van der Waals surface area contributed by atoms with Gasteiger partial charge < -0.3 is 0 Å². The van der Waals surface area contributed by atoms with Gasteiger partial charge in [0.2, 0.25) is 0 Å². The Hall–Kier alpha value is -1.00. The summed E-state index contributed by atoms with van der Waals surface area (Å²) in [5, 5.41) is 0.120. The van der Waals surface area contributed by atoms with E-state index in [-0.39, 0.29) is 5.02 Å². The van der Waals surface area contributed by atoms with Gasteiger partial charge in [-0.3, -0.25) is 0 Å². The first-order valence-electron chi connectivity index (χ1n) is 4.55. The van der Waals surface area contributed by atoms with Crippen molar-refractivity contribution in [3.05, 3.63) is 57.3 Å². The van der Waals surface area contributed by atoms with Crippen LogP contribution in [0.2, 0.25) is 5.02 Å². The van der Waals surface area contributed by atoms with Crippen LogP contribution < -0.4 is 0 Å². The van der Waals surface area contributed by atoms with Gasteiger partial charge in [-0.25, -0.2) is 14.4 Å². The number of halogens is 3. The van der Waals surface area contributed by atoms with E-state index >= 15 is 0 Å². The molecule has 1 aromatic carbocycles. The lowest BCUT2D eigenvalue weighted by Gasteiger charge is -2.01. The predicted octanol–water partition coefficient (Wildman–Crippen LogP) is 3.62. The molecule has 0 saturated carbocycles. The standard InChI is InChI=1S/C11H7BrClFN2/c12-8-5-15-11(16-6-8)4-7-1-2-10(14)9(13)3-7/h1-3,5-6H,4H2. The fraction of sp³-hybridized carbons (Fsp3) is 0.0909. The third-order valence-corrected chi connectivity index (χ3v) is 2.72. The van der Waals surface area contributed by atoms with Gasteiger partial charge in [-0.1, -0.05) is 17.7 Å². The van der Waals surface area contributed by atoms with Crippen LogP contribution >= 0.6 is 27.5 Å². The maximum Gasteiger partial charge on any atom is 0.141 e. The highest BCUT2D eigenvalue weighted by atomic mass is 79.9. The first kappa shape index (κ1) is 11.5. The molecule has 2 nitrogen and oxygen atoms in total. The van der Waals surface area contributed by atoms with Crippen molar-refractivity contribution in [3.8, 4) is 0 Å². The van der Waals surface area contributed by atoms with Crippen molar-refractivity contribution in [1.82, 2.24) is 9.97 Å². The van der Waals surface area contributed by atoms with Gasteiger partial charge in [-0.05, 0) is 33.6 Å². The Morgan fingerprint density at radius 3 is 2.56 bits per heavy atom. The topological polar surface area (TPSA) is 25.8 Å². The van der Waals surface area contributed by atoms with Crippen LogP contribution in [0.4, 0.5) is 4.39 Å². The fourth-order valence-corrected chi connectivity index (χ4v) is 1.67. The fourth-order valence-electron chi connectivity index (χ4n) is 1.26. The van der Waals surface area contributed by atoms with Crippen molar-refractivity contribution in [3.63, 3.8) is 0 Å². The summed E-state index contributed by atoms with van der Waals surface area (Å²) >= 11 is 8.94. The summed E-state index contributed by atoms with van der Waals surface area (Å²) < 4.78 is 13.7. The van der Waals surface area contributed by atoms with Crippen molar-refractivity contribution in [2.24, 2.45) is 0 Å². The average molecular weight is 302 g/mol. The largest absolute Gasteiger partial charge is 0.240 e. The van der Waals surface area contributed by atoms with Gasteiger partial charge in [0.25, 0.3) is 0 Å². The molecule has 0 radical (unpaired) electrons. The number of aromatic nitrogens is 2. The molecule has 0 fully saturated rings. The Morgan fingerprint density at radius 1 is 1.25 bits per heavy atom. The van der Waals surface area contributed by atoms with Crippen LogP contribution in [-0.4, -0.2) is 9.97 Å². The molecule has 16 heavy (non-hydrogen) atoms. The van der Waals surface area contributed by atoms with E-state index in [9.17, 15) is 4.39 Å². The van der Waals surface area contributed by atoms with Crippen molar-refractivity contribution >= 4 is 27.5 Å². The van der Waals surface area contributed by atoms with Crippen molar-refractivity contribution in [2.75, 3.05) is 0 Å². The van der Waals surface area contributed by atoms with Gasteiger partial charge >= 0.3 is 0 Å². The summed E-state index contributed by atoms with van der Waals surface area (Å²) in [7, 11) is 0. The van der Waals surface area contributed by atoms with Crippen LogP contribution in [0.25, 0.3) is 0 Å². The molecule has 82 valence electrons. The number of nitrogens with zero attached hydrogens (tertiary/aromatic N) is 2. The minimum absolute atomic E-state index is 0.120. The smallest absolute Gasteiger partial charge is 0.141 e. The van der Waals surface area contributed by atoms with Gasteiger partial charge in [-0.15, -0.1) is 0 Å². The second-order valence-electron chi connectivity index (χ2n) is 3.24. The Bertz CT molecular complexity index is 502. The van der Waals surface area contributed by atoms with Gasteiger partial charge in [0.05, 0.1) is 9.50 Å². The highest BCUT2D eigenvalue weighted by Crippen LogP contribution is 2.17. The summed E-state index contributed by atoms with van der Waals surface area (Å²) in [6.07, 6.45) is 3.88. The molecule has 1 heterocycles. The normalized spacial score (nSPS) is 10.4.